The molecule has 0 unspecified atom stereocenters. The number of nitrogens with zero attached hydrogens (tertiary/aromatic N) is 1. The zero-order chi connectivity index (χ0) is 20.3. The molecule has 1 N–H and O–H groups in total. The Morgan fingerprint density at radius 2 is 1.89 bits per heavy atom. The maximum absolute atomic E-state index is 14.7. The highest BCUT2D eigenvalue weighted by molar-refractivity contribution is 7.92. The van der Waals surface area contributed by atoms with Crippen LogP contribution < -0.4 is 4.72 Å². The lowest BCUT2D eigenvalue weighted by molar-refractivity contribution is 0.0985. The zero-order valence-electron chi connectivity index (χ0n) is 15.1. The Morgan fingerprint density at radius 1 is 1.14 bits per heavy atom. The highest BCUT2D eigenvalue weighted by atomic mass is 32.2. The minimum absolute atomic E-state index is 0.212. The van der Waals surface area contributed by atoms with Crippen molar-refractivity contribution in [2.45, 2.75) is 19.8 Å². The maximum Gasteiger partial charge on any atom is 0.232 e. The molecule has 5 nitrogen and oxygen atoms in total. The number of anilines is 1. The average molecular weight is 404 g/mol. The second kappa shape index (κ2) is 8.02. The number of aromatic nitrogens is 1. The molecule has 146 valence electrons. The fourth-order valence-corrected chi connectivity index (χ4v) is 3.99. The molecule has 0 saturated carbocycles. The van der Waals surface area contributed by atoms with Crippen molar-refractivity contribution in [1.82, 2.24) is 4.98 Å². The van der Waals surface area contributed by atoms with Gasteiger partial charge in [-0.2, -0.15) is 0 Å². The first-order valence-electron chi connectivity index (χ1n) is 8.66. The number of ketones is 1. The Bertz CT molecular complexity index is 1150. The van der Waals surface area contributed by atoms with Crippen LogP contribution in [-0.4, -0.2) is 24.9 Å². The summed E-state index contributed by atoms with van der Waals surface area (Å²) in [6.07, 6.45) is 1.54. The van der Waals surface area contributed by atoms with Gasteiger partial charge in [0.05, 0.1) is 22.5 Å². The second-order valence-electron chi connectivity index (χ2n) is 6.34. The van der Waals surface area contributed by atoms with Crippen molar-refractivity contribution >= 4 is 32.4 Å². The van der Waals surface area contributed by atoms with Gasteiger partial charge in [0.15, 0.2) is 11.6 Å². The monoisotopic (exact) mass is 404 g/mol. The number of para-hydroxylation sites is 1. The second-order valence-corrected chi connectivity index (χ2v) is 8.18. The number of carbonyl (C=O) groups is 1. The maximum atomic E-state index is 14.7. The lowest BCUT2D eigenvalue weighted by Crippen LogP contribution is -2.19. The van der Waals surface area contributed by atoms with Crippen molar-refractivity contribution in [3.63, 3.8) is 0 Å². The first-order valence-corrected chi connectivity index (χ1v) is 10.3. The third-order valence-corrected chi connectivity index (χ3v) is 5.60. The van der Waals surface area contributed by atoms with Crippen molar-refractivity contribution in [2.24, 2.45) is 0 Å². The van der Waals surface area contributed by atoms with E-state index < -0.39 is 38.7 Å². The van der Waals surface area contributed by atoms with Crippen LogP contribution in [0.5, 0.6) is 0 Å². The summed E-state index contributed by atoms with van der Waals surface area (Å²) in [4.78, 5) is 16.8. The molecule has 0 saturated heterocycles. The van der Waals surface area contributed by atoms with Crippen LogP contribution >= 0.6 is 0 Å². The van der Waals surface area contributed by atoms with Gasteiger partial charge in [-0.1, -0.05) is 25.1 Å². The van der Waals surface area contributed by atoms with E-state index in [-0.39, 0.29) is 12.2 Å². The van der Waals surface area contributed by atoms with Gasteiger partial charge in [-0.3, -0.25) is 14.5 Å². The molecular formula is C20H18F2N2O3S. The van der Waals surface area contributed by atoms with Gasteiger partial charge in [0.25, 0.3) is 0 Å². The van der Waals surface area contributed by atoms with Crippen molar-refractivity contribution in [1.29, 1.82) is 0 Å². The third-order valence-electron chi connectivity index (χ3n) is 4.12. The van der Waals surface area contributed by atoms with E-state index in [1.165, 1.54) is 6.20 Å². The van der Waals surface area contributed by atoms with Gasteiger partial charge in [0.2, 0.25) is 10.0 Å². The molecule has 0 atom stereocenters. The Labute approximate surface area is 161 Å². The lowest BCUT2D eigenvalue weighted by Gasteiger charge is -2.11. The number of Topliss-reactive ketones (excluding diaryl/α,β-unsaturated/α-hetero) is 1. The van der Waals surface area contributed by atoms with Crippen LogP contribution in [0.3, 0.4) is 0 Å². The number of pyridine rings is 1. The number of halogens is 2. The van der Waals surface area contributed by atoms with Crippen LogP contribution in [0.15, 0.2) is 48.7 Å². The van der Waals surface area contributed by atoms with E-state index in [4.69, 9.17) is 0 Å². The van der Waals surface area contributed by atoms with Gasteiger partial charge in [0.1, 0.15) is 5.82 Å². The summed E-state index contributed by atoms with van der Waals surface area (Å²) in [6, 6.07) is 10.8. The average Bonchev–Trinajstić information content (AvgIpc) is 2.64. The van der Waals surface area contributed by atoms with Crippen LogP contribution in [0.25, 0.3) is 10.9 Å². The van der Waals surface area contributed by atoms with E-state index in [0.29, 0.717) is 12.0 Å². The smallest absolute Gasteiger partial charge is 0.232 e. The first-order chi connectivity index (χ1) is 13.3. The summed E-state index contributed by atoms with van der Waals surface area (Å²) in [7, 11) is -3.78. The van der Waals surface area contributed by atoms with Crippen molar-refractivity contribution < 1.29 is 22.0 Å². The molecule has 3 rings (SSSR count). The molecule has 0 aliphatic heterocycles. The SMILES string of the molecule is CCCS(=O)(=O)Nc1ccc(F)c(C(=O)Cc2cnc3ccccc3c2)c1F. The van der Waals surface area contributed by atoms with Crippen LogP contribution in [0.2, 0.25) is 0 Å². The molecule has 3 aromatic rings. The quantitative estimate of drug-likeness (QED) is 0.602. The number of benzene rings is 2. The molecule has 1 aromatic heterocycles. The summed E-state index contributed by atoms with van der Waals surface area (Å²) in [5, 5.41) is 0.801. The minimum Gasteiger partial charge on any atom is -0.294 e. The normalized spacial score (nSPS) is 11.5. The number of hydrogen-bond donors (Lipinski definition) is 1. The van der Waals surface area contributed by atoms with E-state index in [2.05, 4.69) is 9.71 Å². The highest BCUT2D eigenvalue weighted by Gasteiger charge is 2.23. The number of carbonyl (C=O) groups excluding carboxylic acids is 1. The summed E-state index contributed by atoms with van der Waals surface area (Å²) < 4.78 is 54.7. The topological polar surface area (TPSA) is 76.1 Å². The molecule has 0 aliphatic rings. The van der Waals surface area contributed by atoms with Gasteiger partial charge in [-0.15, -0.1) is 0 Å². The van der Waals surface area contributed by atoms with Crippen LogP contribution in [0, 0.1) is 11.6 Å². The first kappa shape index (κ1) is 19.9. The predicted molar refractivity (Wildman–Crippen MR) is 104 cm³/mol. The summed E-state index contributed by atoms with van der Waals surface area (Å²) >= 11 is 0. The molecule has 8 heteroatoms. The highest BCUT2D eigenvalue weighted by Crippen LogP contribution is 2.24. The fraction of sp³-hybridized carbons (Fsp3) is 0.200. The molecule has 0 aliphatic carbocycles. The van der Waals surface area contributed by atoms with E-state index >= 15 is 0 Å². The van der Waals surface area contributed by atoms with E-state index in [1.807, 2.05) is 24.3 Å². The molecule has 1 heterocycles. The number of hydrogen-bond acceptors (Lipinski definition) is 4. The largest absolute Gasteiger partial charge is 0.294 e. The van der Waals surface area contributed by atoms with Crippen molar-refractivity contribution in [3.8, 4) is 0 Å². The molecule has 0 bridgehead atoms. The van der Waals surface area contributed by atoms with Gasteiger partial charge >= 0.3 is 0 Å². The van der Waals surface area contributed by atoms with E-state index in [0.717, 1.165) is 23.0 Å². The minimum atomic E-state index is -3.78. The molecule has 0 radical (unpaired) electrons. The standard InChI is InChI=1S/C20H18F2N2O3S/c1-2-9-28(26,27)24-17-8-7-15(21)19(20(17)22)18(25)11-13-10-14-5-3-4-6-16(14)23-12-13/h3-8,10,12,24H,2,9,11H2,1H3. The predicted octanol–water partition coefficient (Wildman–Crippen LogP) is 4.09. The summed E-state index contributed by atoms with van der Waals surface area (Å²) in [5.41, 5.74) is 0.0162. The Balaban J connectivity index is 1.91. The molecule has 0 spiro atoms. The number of fused-ring (bicyclic) bond motifs is 1. The zero-order valence-corrected chi connectivity index (χ0v) is 15.9. The number of nitrogens with one attached hydrogen (secondary N) is 1. The van der Waals surface area contributed by atoms with E-state index in [9.17, 15) is 22.0 Å². The van der Waals surface area contributed by atoms with Crippen LogP contribution in [0.4, 0.5) is 14.5 Å². The summed E-state index contributed by atoms with van der Waals surface area (Å²) in [6.45, 7) is 1.66. The number of rotatable bonds is 7. The Morgan fingerprint density at radius 3 is 2.64 bits per heavy atom. The Hall–Kier alpha value is -2.87. The van der Waals surface area contributed by atoms with Crippen LogP contribution in [0.1, 0.15) is 29.3 Å². The third kappa shape index (κ3) is 4.33. The van der Waals surface area contributed by atoms with Gasteiger partial charge in [-0.05, 0) is 36.2 Å². The van der Waals surface area contributed by atoms with Crippen LogP contribution in [-0.2, 0) is 16.4 Å². The Kier molecular flexibility index (Phi) is 5.69. The van der Waals surface area contributed by atoms with Gasteiger partial charge in [-0.25, -0.2) is 17.2 Å². The molecule has 0 fully saturated rings. The van der Waals surface area contributed by atoms with Gasteiger partial charge < -0.3 is 0 Å². The molecular weight excluding hydrogens is 386 g/mol. The molecule has 28 heavy (non-hydrogen) atoms. The fourth-order valence-electron chi connectivity index (χ4n) is 2.86. The van der Waals surface area contributed by atoms with Crippen molar-refractivity contribution in [3.05, 3.63) is 71.4 Å². The van der Waals surface area contributed by atoms with E-state index in [1.54, 1.807) is 13.0 Å². The lowest BCUT2D eigenvalue weighted by atomic mass is 10.0. The summed E-state index contributed by atoms with van der Waals surface area (Å²) in [5.74, 6) is -3.28. The van der Waals surface area contributed by atoms with Crippen molar-refractivity contribution in [2.75, 3.05) is 10.5 Å². The molecule has 2 aromatic carbocycles. The van der Waals surface area contributed by atoms with Gasteiger partial charge in [0, 0.05) is 18.0 Å². The number of sulfonamides is 1. The molecule has 0 amide bonds.